The fraction of sp³-hybridized carbons (Fsp3) is 0.667. The Morgan fingerprint density at radius 2 is 2.05 bits per heavy atom. The van der Waals surface area contributed by atoms with E-state index in [1.165, 1.54) is 32.1 Å². The van der Waals surface area contributed by atoms with Crippen molar-refractivity contribution in [3.05, 3.63) is 34.1 Å². The van der Waals surface area contributed by atoms with Gasteiger partial charge in [0.1, 0.15) is 5.82 Å². The molecule has 0 nitrogen and oxygen atoms in total. The molecule has 1 saturated carbocycles. The molecule has 0 bridgehead atoms. The van der Waals surface area contributed by atoms with Crippen LogP contribution in [0.3, 0.4) is 0 Å². The third-order valence-corrected chi connectivity index (χ3v) is 6.05. The fourth-order valence-electron chi connectivity index (χ4n) is 3.51. The molecule has 0 N–H and O–H groups in total. The summed E-state index contributed by atoms with van der Waals surface area (Å²) in [5.41, 5.74) is 0.892. The summed E-state index contributed by atoms with van der Waals surface area (Å²) in [5.74, 6) is 1.39. The molecule has 0 heterocycles. The lowest BCUT2D eigenvalue weighted by Crippen LogP contribution is -2.32. The molecule has 0 aliphatic heterocycles. The summed E-state index contributed by atoms with van der Waals surface area (Å²) in [6, 6.07) is 5.22. The molecule has 118 valence electrons. The zero-order chi connectivity index (χ0) is 15.3. The van der Waals surface area contributed by atoms with Crippen molar-refractivity contribution in [2.24, 2.45) is 11.3 Å². The van der Waals surface area contributed by atoms with Crippen LogP contribution in [0.2, 0.25) is 0 Å². The quantitative estimate of drug-likeness (QED) is 0.483. The third-order valence-electron chi connectivity index (χ3n) is 4.99. The van der Waals surface area contributed by atoms with Gasteiger partial charge in [0.2, 0.25) is 0 Å². The summed E-state index contributed by atoms with van der Waals surface area (Å²) in [6.45, 7) is 2.25. The molecule has 3 heteroatoms. The molecule has 2 rings (SSSR count). The maximum Gasteiger partial charge on any atom is 0.126 e. The van der Waals surface area contributed by atoms with E-state index in [1.807, 2.05) is 6.07 Å². The van der Waals surface area contributed by atoms with Crippen molar-refractivity contribution < 1.29 is 4.39 Å². The van der Waals surface area contributed by atoms with E-state index in [0.717, 1.165) is 35.2 Å². The molecule has 0 unspecified atom stereocenters. The van der Waals surface area contributed by atoms with Crippen molar-refractivity contribution in [1.29, 1.82) is 0 Å². The summed E-state index contributed by atoms with van der Waals surface area (Å²) < 4.78 is 15.0. The molecule has 0 radical (unpaired) electrons. The van der Waals surface area contributed by atoms with Gasteiger partial charge < -0.3 is 0 Å². The Morgan fingerprint density at radius 3 is 2.67 bits per heavy atom. The van der Waals surface area contributed by atoms with E-state index < -0.39 is 0 Å². The molecule has 0 atom stereocenters. The van der Waals surface area contributed by atoms with Crippen LogP contribution in [0.15, 0.2) is 22.7 Å². The van der Waals surface area contributed by atoms with Crippen molar-refractivity contribution in [2.45, 2.75) is 58.3 Å². The highest BCUT2D eigenvalue weighted by Crippen LogP contribution is 2.44. The number of hydrogen-bond donors (Lipinski definition) is 0. The summed E-state index contributed by atoms with van der Waals surface area (Å²) in [6.07, 6.45) is 9.50. The van der Waals surface area contributed by atoms with Gasteiger partial charge in [0, 0.05) is 10.4 Å². The van der Waals surface area contributed by atoms with Crippen LogP contribution >= 0.6 is 27.5 Å². The smallest absolute Gasteiger partial charge is 0.126 e. The monoisotopic (exact) mass is 374 g/mol. The molecule has 0 aromatic heterocycles. The summed E-state index contributed by atoms with van der Waals surface area (Å²) in [7, 11) is 0. The van der Waals surface area contributed by atoms with Crippen LogP contribution in [-0.2, 0) is 6.42 Å². The topological polar surface area (TPSA) is 0 Å². The lowest BCUT2D eigenvalue weighted by Gasteiger charge is -2.39. The summed E-state index contributed by atoms with van der Waals surface area (Å²) >= 11 is 9.74. The molecule has 1 fully saturated rings. The molecular weight excluding hydrogens is 351 g/mol. The number of alkyl halides is 1. The normalized spacial score (nSPS) is 26.0. The van der Waals surface area contributed by atoms with E-state index in [1.54, 1.807) is 12.1 Å². The second-order valence-corrected chi connectivity index (χ2v) is 7.81. The molecule has 0 spiro atoms. The average molecular weight is 376 g/mol. The number of unbranched alkanes of at least 4 members (excludes halogenated alkanes) is 1. The number of rotatable bonds is 6. The second-order valence-electron chi connectivity index (χ2n) is 6.63. The predicted octanol–water partition coefficient (Wildman–Crippen LogP) is 6.74. The molecular formula is C18H25BrClF. The van der Waals surface area contributed by atoms with Crippen LogP contribution in [0.25, 0.3) is 0 Å². The largest absolute Gasteiger partial charge is 0.207 e. The highest BCUT2D eigenvalue weighted by atomic mass is 79.9. The van der Waals surface area contributed by atoms with Crippen molar-refractivity contribution in [1.82, 2.24) is 0 Å². The predicted molar refractivity (Wildman–Crippen MR) is 92.4 cm³/mol. The van der Waals surface area contributed by atoms with Gasteiger partial charge in [-0.2, -0.15) is 0 Å². The van der Waals surface area contributed by atoms with Crippen LogP contribution in [-0.4, -0.2) is 5.88 Å². The van der Waals surface area contributed by atoms with Crippen LogP contribution in [0.5, 0.6) is 0 Å². The Kier molecular flexibility index (Phi) is 6.55. The maximum atomic E-state index is 14.0. The fourth-order valence-corrected chi connectivity index (χ4v) is 4.28. The zero-order valence-corrected chi connectivity index (χ0v) is 15.1. The van der Waals surface area contributed by atoms with Gasteiger partial charge in [-0.1, -0.05) is 42.1 Å². The minimum Gasteiger partial charge on any atom is -0.207 e. The number of hydrogen-bond acceptors (Lipinski definition) is 0. The minimum absolute atomic E-state index is 0.0892. The Hall–Kier alpha value is -0.0800. The van der Waals surface area contributed by atoms with Crippen molar-refractivity contribution in [3.63, 3.8) is 0 Å². The van der Waals surface area contributed by atoms with Crippen LogP contribution in [0, 0.1) is 17.2 Å². The molecule has 1 aromatic carbocycles. The highest BCUT2D eigenvalue weighted by molar-refractivity contribution is 9.10. The van der Waals surface area contributed by atoms with E-state index in [-0.39, 0.29) is 11.2 Å². The van der Waals surface area contributed by atoms with Crippen molar-refractivity contribution in [3.8, 4) is 0 Å². The van der Waals surface area contributed by atoms with Crippen molar-refractivity contribution >= 4 is 27.5 Å². The van der Waals surface area contributed by atoms with E-state index in [9.17, 15) is 4.39 Å². The molecule has 1 aliphatic carbocycles. The minimum atomic E-state index is -0.101. The van der Waals surface area contributed by atoms with Crippen LogP contribution in [0.1, 0.15) is 57.4 Å². The second kappa shape index (κ2) is 7.97. The maximum absolute atomic E-state index is 14.0. The Bertz CT molecular complexity index is 453. The van der Waals surface area contributed by atoms with Gasteiger partial charge in [0.15, 0.2) is 0 Å². The third kappa shape index (κ3) is 4.69. The zero-order valence-electron chi connectivity index (χ0n) is 12.8. The first-order chi connectivity index (χ1) is 10.1. The molecule has 21 heavy (non-hydrogen) atoms. The molecule has 0 saturated heterocycles. The van der Waals surface area contributed by atoms with Gasteiger partial charge in [-0.3, -0.25) is 0 Å². The Balaban J connectivity index is 2.01. The SMILES string of the molecule is CCCCC1CCC(CCl)(Cc2cc(Br)ccc2F)CC1. The van der Waals surface area contributed by atoms with Gasteiger partial charge >= 0.3 is 0 Å². The Morgan fingerprint density at radius 1 is 1.33 bits per heavy atom. The van der Waals surface area contributed by atoms with Crippen molar-refractivity contribution in [2.75, 3.05) is 5.88 Å². The van der Waals surface area contributed by atoms with Gasteiger partial charge in [0.05, 0.1) is 0 Å². The molecule has 1 aliphatic rings. The lowest BCUT2D eigenvalue weighted by atomic mass is 9.68. The van der Waals surface area contributed by atoms with Gasteiger partial charge in [-0.15, -0.1) is 11.6 Å². The van der Waals surface area contributed by atoms with E-state index in [0.29, 0.717) is 5.88 Å². The van der Waals surface area contributed by atoms with E-state index in [4.69, 9.17) is 11.6 Å². The standard InChI is InChI=1S/C18H25BrClF/c1-2-3-4-14-7-9-18(13-20,10-8-14)12-15-11-16(19)5-6-17(15)21/h5-6,11,14H,2-4,7-10,12-13H2,1H3. The average Bonchev–Trinajstić information content (AvgIpc) is 2.50. The number of halogens is 3. The Labute approximate surface area is 141 Å². The van der Waals surface area contributed by atoms with E-state index >= 15 is 0 Å². The first-order valence-corrected chi connectivity index (χ1v) is 9.41. The first kappa shape index (κ1) is 17.3. The van der Waals surface area contributed by atoms with Gasteiger partial charge in [0.25, 0.3) is 0 Å². The van der Waals surface area contributed by atoms with E-state index in [2.05, 4.69) is 22.9 Å². The highest BCUT2D eigenvalue weighted by Gasteiger charge is 2.35. The summed E-state index contributed by atoms with van der Waals surface area (Å²) in [4.78, 5) is 0. The summed E-state index contributed by atoms with van der Waals surface area (Å²) in [5, 5.41) is 0. The van der Waals surface area contributed by atoms with Crippen LogP contribution in [0.4, 0.5) is 4.39 Å². The van der Waals surface area contributed by atoms with Gasteiger partial charge in [-0.25, -0.2) is 4.39 Å². The van der Waals surface area contributed by atoms with Gasteiger partial charge in [-0.05, 0) is 67.2 Å². The van der Waals surface area contributed by atoms with Crippen LogP contribution < -0.4 is 0 Å². The first-order valence-electron chi connectivity index (χ1n) is 8.08. The molecule has 1 aromatic rings. The lowest BCUT2D eigenvalue weighted by molar-refractivity contribution is 0.164. The molecule has 0 amide bonds. The number of benzene rings is 1.